The molecule has 3 nitrogen and oxygen atoms in total. The van der Waals surface area contributed by atoms with E-state index < -0.39 is 0 Å². The van der Waals surface area contributed by atoms with Gasteiger partial charge >= 0.3 is 5.97 Å². The Morgan fingerprint density at radius 3 is 2.27 bits per heavy atom. The number of nitrogens with zero attached hydrogens (tertiary/aromatic N) is 1. The topological polar surface area (TPSA) is 38.7 Å². The van der Waals surface area contributed by atoms with Crippen LogP contribution in [0.4, 0.5) is 0 Å². The lowest BCUT2D eigenvalue weighted by molar-refractivity contribution is 0.0410. The normalized spacial score (nSPS) is 19.5. The van der Waals surface area contributed by atoms with E-state index >= 15 is 0 Å². The lowest BCUT2D eigenvalue weighted by Crippen LogP contribution is -2.26. The molecule has 0 spiro atoms. The molecule has 0 radical (unpaired) electrons. The number of hydrogen-bond donors (Lipinski definition) is 0. The highest BCUT2D eigenvalue weighted by atomic mass is 16.5. The van der Waals surface area contributed by atoms with Crippen LogP contribution in [-0.2, 0) is 4.74 Å². The zero-order chi connectivity index (χ0) is 15.6. The Kier molecular flexibility index (Phi) is 3.80. The van der Waals surface area contributed by atoms with E-state index in [0.29, 0.717) is 12.0 Å². The molecular weight excluding hydrogens is 274 g/mol. The predicted molar refractivity (Wildman–Crippen MR) is 87.3 cm³/mol. The van der Waals surface area contributed by atoms with Gasteiger partial charge in [-0.25, -0.2) is 4.79 Å². The molecule has 22 heavy (non-hydrogen) atoms. The maximum atomic E-state index is 12.3. The van der Waals surface area contributed by atoms with Crippen molar-refractivity contribution in [3.05, 3.63) is 71.8 Å². The van der Waals surface area contributed by atoms with Crippen molar-refractivity contribution in [3.63, 3.8) is 0 Å². The monoisotopic (exact) mass is 293 g/mol. The second-order valence-electron chi connectivity index (χ2n) is 6.14. The van der Waals surface area contributed by atoms with E-state index in [0.717, 1.165) is 11.3 Å². The third-order valence-corrected chi connectivity index (χ3v) is 3.74. The fourth-order valence-electron chi connectivity index (χ4n) is 2.72. The first-order valence-corrected chi connectivity index (χ1v) is 7.46. The van der Waals surface area contributed by atoms with Crippen LogP contribution in [0.3, 0.4) is 0 Å². The average Bonchev–Trinajstić information content (AvgIpc) is 2.83. The molecule has 0 saturated carbocycles. The molecule has 3 heteroatoms. The van der Waals surface area contributed by atoms with Gasteiger partial charge in [-0.2, -0.15) is 0 Å². The second kappa shape index (κ2) is 5.76. The predicted octanol–water partition coefficient (Wildman–Crippen LogP) is 3.88. The number of esters is 1. The van der Waals surface area contributed by atoms with Crippen molar-refractivity contribution >= 4 is 11.7 Å². The first-order valence-electron chi connectivity index (χ1n) is 7.46. The molecule has 0 N–H and O–H groups in total. The Balaban J connectivity index is 1.84. The number of ether oxygens (including phenoxy) is 1. The fraction of sp³-hybridized carbons (Fsp3) is 0.263. The Hall–Kier alpha value is -2.42. The molecule has 0 amide bonds. The summed E-state index contributed by atoms with van der Waals surface area (Å²) in [5.74, 6) is -0.299. The third-order valence-electron chi connectivity index (χ3n) is 3.74. The van der Waals surface area contributed by atoms with Crippen molar-refractivity contribution in [3.8, 4) is 0 Å². The number of benzene rings is 2. The Morgan fingerprint density at radius 2 is 1.64 bits per heavy atom. The molecular formula is C19H19NO2. The number of carbonyl (C=O) groups is 1. The first kappa shape index (κ1) is 14.5. The quantitative estimate of drug-likeness (QED) is 0.805. The SMILES string of the molecule is CC1(C)CC(OC(=O)c2ccccc2)C(c2ccccc2)=N1. The lowest BCUT2D eigenvalue weighted by atomic mass is 9.98. The summed E-state index contributed by atoms with van der Waals surface area (Å²) in [6, 6.07) is 19.0. The summed E-state index contributed by atoms with van der Waals surface area (Å²) < 4.78 is 5.73. The smallest absolute Gasteiger partial charge is 0.338 e. The summed E-state index contributed by atoms with van der Waals surface area (Å²) in [6.45, 7) is 4.12. The van der Waals surface area contributed by atoms with Crippen LogP contribution in [0.15, 0.2) is 65.7 Å². The van der Waals surface area contributed by atoms with Crippen molar-refractivity contribution in [2.24, 2.45) is 4.99 Å². The minimum Gasteiger partial charge on any atom is -0.452 e. The Bertz CT molecular complexity index is 690. The molecule has 2 aromatic rings. The maximum Gasteiger partial charge on any atom is 0.338 e. The van der Waals surface area contributed by atoms with Gasteiger partial charge in [0.05, 0.1) is 16.8 Å². The van der Waals surface area contributed by atoms with Crippen LogP contribution in [0, 0.1) is 0 Å². The molecule has 3 rings (SSSR count). The molecule has 1 atom stereocenters. The third kappa shape index (κ3) is 3.08. The van der Waals surface area contributed by atoms with E-state index in [1.54, 1.807) is 12.1 Å². The first-order chi connectivity index (χ1) is 10.6. The summed E-state index contributed by atoms with van der Waals surface area (Å²) in [6.07, 6.45) is 0.403. The van der Waals surface area contributed by atoms with E-state index in [1.807, 2.05) is 48.5 Å². The van der Waals surface area contributed by atoms with E-state index in [-0.39, 0.29) is 17.6 Å². The highest BCUT2D eigenvalue weighted by Gasteiger charge is 2.36. The van der Waals surface area contributed by atoms with Crippen LogP contribution in [0.1, 0.15) is 36.2 Å². The largest absolute Gasteiger partial charge is 0.452 e. The molecule has 0 saturated heterocycles. The maximum absolute atomic E-state index is 12.3. The minimum atomic E-state index is -0.301. The van der Waals surface area contributed by atoms with Crippen LogP contribution >= 0.6 is 0 Å². The molecule has 1 unspecified atom stereocenters. The van der Waals surface area contributed by atoms with Gasteiger partial charge in [-0.3, -0.25) is 4.99 Å². The van der Waals surface area contributed by atoms with Gasteiger partial charge in [0.1, 0.15) is 6.10 Å². The van der Waals surface area contributed by atoms with Gasteiger partial charge < -0.3 is 4.74 Å². The van der Waals surface area contributed by atoms with Crippen molar-refractivity contribution in [2.45, 2.75) is 31.9 Å². The molecule has 1 heterocycles. The fourth-order valence-corrected chi connectivity index (χ4v) is 2.72. The number of hydrogen-bond acceptors (Lipinski definition) is 3. The van der Waals surface area contributed by atoms with Crippen LogP contribution in [0.5, 0.6) is 0 Å². The molecule has 0 aromatic heterocycles. The molecule has 2 aromatic carbocycles. The number of aliphatic imine (C=N–C) groups is 1. The molecule has 112 valence electrons. The summed E-state index contributed by atoms with van der Waals surface area (Å²) in [4.78, 5) is 17.1. The minimum absolute atomic E-state index is 0.215. The molecule has 0 aliphatic carbocycles. The molecule has 1 aliphatic heterocycles. The zero-order valence-corrected chi connectivity index (χ0v) is 12.8. The molecule has 1 aliphatic rings. The van der Waals surface area contributed by atoms with Crippen molar-refractivity contribution in [1.82, 2.24) is 0 Å². The van der Waals surface area contributed by atoms with Crippen molar-refractivity contribution in [1.29, 1.82) is 0 Å². The summed E-state index contributed by atoms with van der Waals surface area (Å²) in [7, 11) is 0. The van der Waals surface area contributed by atoms with Gasteiger partial charge in [-0.1, -0.05) is 48.5 Å². The van der Waals surface area contributed by atoms with E-state index in [4.69, 9.17) is 9.73 Å². The van der Waals surface area contributed by atoms with E-state index in [9.17, 15) is 4.79 Å². The van der Waals surface area contributed by atoms with Gasteiger partial charge in [0.25, 0.3) is 0 Å². The zero-order valence-electron chi connectivity index (χ0n) is 12.8. The second-order valence-corrected chi connectivity index (χ2v) is 6.14. The standard InChI is InChI=1S/C19H19NO2/c1-19(2)13-16(17(20-19)14-9-5-3-6-10-14)22-18(21)15-11-7-4-8-12-15/h3-12,16H,13H2,1-2H3. The summed E-state index contributed by atoms with van der Waals surface area (Å²) in [5.41, 5.74) is 2.22. The van der Waals surface area contributed by atoms with E-state index in [2.05, 4.69) is 13.8 Å². The van der Waals surface area contributed by atoms with Gasteiger partial charge in [-0.15, -0.1) is 0 Å². The highest BCUT2D eigenvalue weighted by molar-refractivity contribution is 6.06. The van der Waals surface area contributed by atoms with Gasteiger partial charge in [-0.05, 0) is 31.5 Å². The Morgan fingerprint density at radius 1 is 1.05 bits per heavy atom. The average molecular weight is 293 g/mol. The van der Waals surface area contributed by atoms with Crippen molar-refractivity contribution < 1.29 is 9.53 Å². The number of rotatable bonds is 3. The Labute approximate surface area is 130 Å². The number of carbonyl (C=O) groups excluding carboxylic acids is 1. The van der Waals surface area contributed by atoms with Gasteiger partial charge in [0.2, 0.25) is 0 Å². The molecule has 0 bridgehead atoms. The van der Waals surface area contributed by atoms with E-state index in [1.165, 1.54) is 0 Å². The summed E-state index contributed by atoms with van der Waals surface area (Å²) in [5, 5.41) is 0. The lowest BCUT2D eigenvalue weighted by Gasteiger charge is -2.17. The van der Waals surface area contributed by atoms with Gasteiger partial charge in [0.15, 0.2) is 0 Å². The van der Waals surface area contributed by atoms with Crippen LogP contribution in [-0.4, -0.2) is 23.3 Å². The van der Waals surface area contributed by atoms with Crippen LogP contribution in [0.2, 0.25) is 0 Å². The molecule has 0 fully saturated rings. The van der Waals surface area contributed by atoms with Crippen molar-refractivity contribution in [2.75, 3.05) is 0 Å². The van der Waals surface area contributed by atoms with Crippen LogP contribution < -0.4 is 0 Å². The highest BCUT2D eigenvalue weighted by Crippen LogP contribution is 2.30. The summed E-state index contributed by atoms with van der Waals surface area (Å²) >= 11 is 0. The van der Waals surface area contributed by atoms with Gasteiger partial charge in [0, 0.05) is 6.42 Å². The van der Waals surface area contributed by atoms with Crippen LogP contribution in [0.25, 0.3) is 0 Å².